The first kappa shape index (κ1) is 17.0. The van der Waals surface area contributed by atoms with Crippen molar-refractivity contribution in [2.24, 2.45) is 0 Å². The van der Waals surface area contributed by atoms with Gasteiger partial charge in [0.1, 0.15) is 16.5 Å². The van der Waals surface area contributed by atoms with E-state index in [1.165, 1.54) is 4.31 Å². The molecule has 0 aliphatic carbocycles. The summed E-state index contributed by atoms with van der Waals surface area (Å²) in [5.74, 6) is -1.85. The molecule has 1 aromatic rings. The van der Waals surface area contributed by atoms with Crippen LogP contribution in [0.25, 0.3) is 0 Å². The van der Waals surface area contributed by atoms with Gasteiger partial charge in [-0.1, -0.05) is 13.8 Å². The fourth-order valence-corrected chi connectivity index (χ4v) is 4.08. The molecule has 0 radical (unpaired) electrons. The molecule has 0 heterocycles. The maximum atomic E-state index is 13.8. The Morgan fingerprint density at radius 3 is 2.00 bits per heavy atom. The molecule has 0 bridgehead atoms. The lowest BCUT2D eigenvalue weighted by Gasteiger charge is -2.32. The topological polar surface area (TPSA) is 37.4 Å². The second-order valence-corrected chi connectivity index (χ2v) is 6.74. The van der Waals surface area contributed by atoms with Crippen molar-refractivity contribution in [2.45, 2.75) is 57.5 Å². The van der Waals surface area contributed by atoms with Crippen LogP contribution in [0.15, 0.2) is 23.1 Å². The van der Waals surface area contributed by atoms with Crippen LogP contribution in [0, 0.1) is 11.6 Å². The Labute approximate surface area is 119 Å². The van der Waals surface area contributed by atoms with Crippen LogP contribution in [-0.4, -0.2) is 24.8 Å². The molecule has 0 spiro atoms. The highest BCUT2D eigenvalue weighted by Gasteiger charge is 2.33. The average Bonchev–Trinajstić information content (AvgIpc) is 2.37. The molecule has 2 atom stereocenters. The zero-order valence-corrected chi connectivity index (χ0v) is 13.0. The average molecular weight is 305 g/mol. The molecule has 20 heavy (non-hydrogen) atoms. The van der Waals surface area contributed by atoms with Crippen molar-refractivity contribution < 1.29 is 17.2 Å². The van der Waals surface area contributed by atoms with E-state index in [1.807, 2.05) is 13.8 Å². The normalized spacial score (nSPS) is 15.3. The van der Waals surface area contributed by atoms with Crippen LogP contribution in [-0.2, 0) is 10.0 Å². The van der Waals surface area contributed by atoms with Crippen LogP contribution >= 0.6 is 0 Å². The Morgan fingerprint density at radius 1 is 1.10 bits per heavy atom. The molecule has 0 amide bonds. The highest BCUT2D eigenvalue weighted by Crippen LogP contribution is 2.26. The molecule has 1 rings (SSSR count). The number of nitrogens with zero attached hydrogens (tertiary/aromatic N) is 1. The maximum absolute atomic E-state index is 13.8. The van der Waals surface area contributed by atoms with Gasteiger partial charge in [-0.3, -0.25) is 0 Å². The largest absolute Gasteiger partial charge is 0.246 e. The lowest BCUT2D eigenvalue weighted by Crippen LogP contribution is -2.44. The highest BCUT2D eigenvalue weighted by molar-refractivity contribution is 7.89. The van der Waals surface area contributed by atoms with Gasteiger partial charge >= 0.3 is 0 Å². The summed E-state index contributed by atoms with van der Waals surface area (Å²) in [7, 11) is -3.98. The molecule has 0 saturated carbocycles. The van der Waals surface area contributed by atoms with Gasteiger partial charge in [-0.2, -0.15) is 4.31 Å². The van der Waals surface area contributed by atoms with Gasteiger partial charge in [0.2, 0.25) is 10.0 Å². The number of hydrogen-bond acceptors (Lipinski definition) is 2. The lowest BCUT2D eigenvalue weighted by molar-refractivity contribution is 0.262. The second kappa shape index (κ2) is 6.63. The van der Waals surface area contributed by atoms with E-state index in [-0.39, 0.29) is 12.1 Å². The Hall–Kier alpha value is -1.01. The molecule has 0 fully saturated rings. The smallest absolute Gasteiger partial charge is 0.207 e. The molecule has 114 valence electrons. The summed E-state index contributed by atoms with van der Waals surface area (Å²) >= 11 is 0. The second-order valence-electron chi connectivity index (χ2n) is 4.92. The van der Waals surface area contributed by atoms with Crippen LogP contribution < -0.4 is 0 Å². The summed E-state index contributed by atoms with van der Waals surface area (Å²) in [5.41, 5.74) is 0. The molecule has 0 aliphatic heterocycles. The number of benzene rings is 1. The lowest BCUT2D eigenvalue weighted by atomic mass is 10.2. The maximum Gasteiger partial charge on any atom is 0.246 e. The number of hydrogen-bond donors (Lipinski definition) is 0. The Balaban J connectivity index is 3.36. The third kappa shape index (κ3) is 3.35. The van der Waals surface area contributed by atoms with E-state index in [0.717, 1.165) is 12.1 Å². The molecule has 0 N–H and O–H groups in total. The molecular formula is C14H21F2NO2S. The minimum absolute atomic E-state index is 0.251. The summed E-state index contributed by atoms with van der Waals surface area (Å²) in [6, 6.07) is 2.04. The van der Waals surface area contributed by atoms with Crippen molar-refractivity contribution in [1.82, 2.24) is 4.31 Å². The van der Waals surface area contributed by atoms with Gasteiger partial charge < -0.3 is 0 Å². The van der Waals surface area contributed by atoms with Gasteiger partial charge in [-0.15, -0.1) is 0 Å². The van der Waals surface area contributed by atoms with Crippen LogP contribution in [0.4, 0.5) is 8.78 Å². The number of halogens is 2. The minimum atomic E-state index is -3.98. The standard InChI is InChI=1S/C14H21F2NO2S/c1-5-10(3)17(11(4)6-2)20(18,19)14-8-7-12(15)9-13(14)16/h7-11H,5-6H2,1-4H3. The quantitative estimate of drug-likeness (QED) is 0.806. The third-order valence-corrected chi connectivity index (χ3v) is 5.66. The fourth-order valence-electron chi connectivity index (χ4n) is 2.07. The van der Waals surface area contributed by atoms with Crippen molar-refractivity contribution in [3.8, 4) is 0 Å². The molecule has 6 heteroatoms. The molecule has 0 saturated heterocycles. The van der Waals surface area contributed by atoms with E-state index in [4.69, 9.17) is 0 Å². The summed E-state index contributed by atoms with van der Waals surface area (Å²) in [4.78, 5) is -0.473. The summed E-state index contributed by atoms with van der Waals surface area (Å²) in [5, 5.41) is 0. The van der Waals surface area contributed by atoms with Crippen LogP contribution in [0.1, 0.15) is 40.5 Å². The molecule has 0 aliphatic rings. The number of sulfonamides is 1. The Kier molecular flexibility index (Phi) is 5.65. The predicted octanol–water partition coefficient (Wildman–Crippen LogP) is 3.55. The zero-order valence-electron chi connectivity index (χ0n) is 12.2. The van der Waals surface area contributed by atoms with E-state index in [0.29, 0.717) is 18.9 Å². The van der Waals surface area contributed by atoms with E-state index in [9.17, 15) is 17.2 Å². The van der Waals surface area contributed by atoms with Crippen molar-refractivity contribution in [3.63, 3.8) is 0 Å². The SMILES string of the molecule is CCC(C)N(C(C)CC)S(=O)(=O)c1ccc(F)cc1F. The minimum Gasteiger partial charge on any atom is -0.207 e. The van der Waals surface area contributed by atoms with Crippen molar-refractivity contribution in [2.75, 3.05) is 0 Å². The first-order valence-corrected chi connectivity index (χ1v) is 8.18. The van der Waals surface area contributed by atoms with Crippen LogP contribution in [0.3, 0.4) is 0 Å². The van der Waals surface area contributed by atoms with Gasteiger partial charge in [-0.25, -0.2) is 17.2 Å². The summed E-state index contributed by atoms with van der Waals surface area (Å²) in [6.45, 7) is 7.31. The van der Waals surface area contributed by atoms with E-state index in [1.54, 1.807) is 13.8 Å². The van der Waals surface area contributed by atoms with E-state index in [2.05, 4.69) is 0 Å². The molecule has 1 aromatic carbocycles. The van der Waals surface area contributed by atoms with Gasteiger partial charge in [0, 0.05) is 18.2 Å². The fraction of sp³-hybridized carbons (Fsp3) is 0.571. The number of rotatable bonds is 6. The molecule has 2 unspecified atom stereocenters. The Bertz CT molecular complexity index is 550. The molecule has 3 nitrogen and oxygen atoms in total. The van der Waals surface area contributed by atoms with Crippen molar-refractivity contribution in [3.05, 3.63) is 29.8 Å². The highest BCUT2D eigenvalue weighted by atomic mass is 32.2. The monoisotopic (exact) mass is 305 g/mol. The van der Waals surface area contributed by atoms with Crippen LogP contribution in [0.2, 0.25) is 0 Å². The molecular weight excluding hydrogens is 284 g/mol. The van der Waals surface area contributed by atoms with Gasteiger partial charge in [0.25, 0.3) is 0 Å². The van der Waals surface area contributed by atoms with E-state index < -0.39 is 26.6 Å². The van der Waals surface area contributed by atoms with E-state index >= 15 is 0 Å². The first-order chi connectivity index (χ1) is 9.25. The van der Waals surface area contributed by atoms with Gasteiger partial charge in [-0.05, 0) is 38.8 Å². The zero-order chi connectivity index (χ0) is 15.5. The Morgan fingerprint density at radius 2 is 1.60 bits per heavy atom. The predicted molar refractivity (Wildman–Crippen MR) is 74.9 cm³/mol. The first-order valence-electron chi connectivity index (χ1n) is 6.74. The van der Waals surface area contributed by atoms with Crippen molar-refractivity contribution in [1.29, 1.82) is 0 Å². The van der Waals surface area contributed by atoms with Gasteiger partial charge in [0.05, 0.1) is 0 Å². The van der Waals surface area contributed by atoms with Crippen molar-refractivity contribution >= 4 is 10.0 Å². The summed E-state index contributed by atoms with van der Waals surface area (Å²) in [6.07, 6.45) is 1.23. The van der Waals surface area contributed by atoms with Gasteiger partial charge in [0.15, 0.2) is 0 Å². The third-order valence-electron chi connectivity index (χ3n) is 3.50. The van der Waals surface area contributed by atoms with Crippen LogP contribution in [0.5, 0.6) is 0 Å². The molecule has 0 aromatic heterocycles. The summed E-state index contributed by atoms with van der Waals surface area (Å²) < 4.78 is 53.3.